The number of imide groups is 1. The maximum absolute atomic E-state index is 12.6. The summed E-state index contributed by atoms with van der Waals surface area (Å²) in [5.74, 6) is -0.671. The van der Waals surface area contributed by atoms with Gasteiger partial charge in [0.1, 0.15) is 6.61 Å². The fourth-order valence-corrected chi connectivity index (χ4v) is 2.34. The number of amides is 2. The summed E-state index contributed by atoms with van der Waals surface area (Å²) in [6, 6.07) is 6.55. The van der Waals surface area contributed by atoms with Crippen molar-refractivity contribution >= 4 is 18.1 Å². The van der Waals surface area contributed by atoms with Crippen LogP contribution in [-0.2, 0) is 16.0 Å². The lowest BCUT2D eigenvalue weighted by Crippen LogP contribution is -2.39. The molecule has 0 spiro atoms. The van der Waals surface area contributed by atoms with Crippen molar-refractivity contribution in [3.8, 4) is 0 Å². The first-order valence-electron chi connectivity index (χ1n) is 9.60. The van der Waals surface area contributed by atoms with Gasteiger partial charge in [-0.25, -0.2) is 9.69 Å². The van der Waals surface area contributed by atoms with E-state index in [4.69, 9.17) is 11.6 Å². The summed E-state index contributed by atoms with van der Waals surface area (Å²) in [5, 5.41) is 0. The molecule has 116 valence electrons. The Kier molecular flexibility index (Phi) is 3.01. The minimum Gasteiger partial charge on any atom is -0.447 e. The van der Waals surface area contributed by atoms with Crippen LogP contribution in [0.3, 0.4) is 0 Å². The maximum Gasteiger partial charge on any atom is 0.417 e. The van der Waals surface area contributed by atoms with Gasteiger partial charge in [0.15, 0.2) is 0 Å². The third-order valence-electron chi connectivity index (χ3n) is 3.42. The van der Waals surface area contributed by atoms with Crippen LogP contribution in [-0.4, -0.2) is 29.5 Å². The molecule has 1 atom stereocenters. The summed E-state index contributed by atoms with van der Waals surface area (Å²) in [6.07, 6.45) is 1.82. The molecule has 0 aromatic heterocycles. The monoisotopic (exact) mass is 312 g/mol. The highest BCUT2D eigenvalue weighted by Gasteiger charge is 2.36. The predicted octanol–water partition coefficient (Wildman–Crippen LogP) is 3.29. The molecular weight excluding hydrogens is 290 g/mol. The molecule has 0 aliphatic carbocycles. The number of ether oxygens (including phenoxy) is 1. The van der Waals surface area contributed by atoms with Crippen molar-refractivity contribution in [2.45, 2.75) is 12.5 Å². The Morgan fingerprint density at radius 3 is 2.74 bits per heavy atom. The molecule has 2 aromatic rings. The Bertz CT molecular complexity index is 933. The zero-order valence-corrected chi connectivity index (χ0v) is 12.2. The van der Waals surface area contributed by atoms with E-state index in [1.54, 1.807) is 0 Å². The van der Waals surface area contributed by atoms with Crippen molar-refractivity contribution in [1.29, 1.82) is 0 Å². The van der Waals surface area contributed by atoms with Gasteiger partial charge >= 0.3 is 6.09 Å². The van der Waals surface area contributed by atoms with E-state index in [1.807, 2.05) is 30.3 Å². The van der Waals surface area contributed by atoms with E-state index in [0.29, 0.717) is 6.42 Å². The van der Waals surface area contributed by atoms with Crippen LogP contribution in [0.1, 0.15) is 18.0 Å². The van der Waals surface area contributed by atoms with E-state index in [-0.39, 0.29) is 12.2 Å². The number of carbonyl (C=O) groups is 2. The van der Waals surface area contributed by atoms with E-state index >= 15 is 0 Å². The van der Waals surface area contributed by atoms with Crippen molar-refractivity contribution in [3.05, 3.63) is 77.7 Å². The number of hydrogen-bond acceptors (Lipinski definition) is 3. The first kappa shape index (κ1) is 10.0. The van der Waals surface area contributed by atoms with Crippen molar-refractivity contribution in [1.82, 2.24) is 4.90 Å². The number of cyclic esters (lactones) is 1. The molecule has 0 bridgehead atoms. The minimum absolute atomic E-state index is 0.0714. The zero-order valence-electron chi connectivity index (χ0n) is 17.2. The van der Waals surface area contributed by atoms with Gasteiger partial charge in [0.25, 0.3) is 5.91 Å². The van der Waals surface area contributed by atoms with Crippen LogP contribution >= 0.6 is 0 Å². The average Bonchev–Trinajstić information content (AvgIpc) is 3.05. The third-order valence-corrected chi connectivity index (χ3v) is 3.42. The molecule has 4 nitrogen and oxygen atoms in total. The molecule has 0 N–H and O–H groups in total. The molecule has 1 aliphatic heterocycles. The molecule has 1 heterocycles. The molecule has 0 radical (unpaired) electrons. The Balaban J connectivity index is 1.84. The largest absolute Gasteiger partial charge is 0.447 e. The number of hydrogen-bond donors (Lipinski definition) is 0. The topological polar surface area (TPSA) is 46.6 Å². The van der Waals surface area contributed by atoms with E-state index in [2.05, 4.69) is 0 Å². The van der Waals surface area contributed by atoms with E-state index in [0.717, 1.165) is 22.6 Å². The molecular formula is C19H17NO3. The average molecular weight is 312 g/mol. The SMILES string of the molecule is [2H]c1c([2H])c([2H])c(/C=C/C(=O)N2C(=O)OC[C@@H]2Cc2ccccc2)c([2H])c1[2H]. The second-order valence-electron chi connectivity index (χ2n) is 5.00. The van der Waals surface area contributed by atoms with Gasteiger partial charge in [0.05, 0.1) is 12.9 Å². The summed E-state index contributed by atoms with van der Waals surface area (Å²) < 4.78 is 43.7. The van der Waals surface area contributed by atoms with Crippen LogP contribution in [0.5, 0.6) is 0 Å². The third kappa shape index (κ3) is 3.66. The van der Waals surface area contributed by atoms with Crippen LogP contribution in [0.2, 0.25) is 0 Å². The van der Waals surface area contributed by atoms with Gasteiger partial charge in [-0.05, 0) is 23.6 Å². The number of nitrogens with zero attached hydrogens (tertiary/aromatic N) is 1. The molecule has 2 amide bonds. The van der Waals surface area contributed by atoms with Gasteiger partial charge in [-0.1, -0.05) is 60.5 Å². The minimum atomic E-state index is -0.767. The highest BCUT2D eigenvalue weighted by Crippen LogP contribution is 2.18. The predicted molar refractivity (Wildman–Crippen MR) is 87.6 cm³/mol. The van der Waals surface area contributed by atoms with Crippen LogP contribution in [0.15, 0.2) is 66.6 Å². The van der Waals surface area contributed by atoms with Gasteiger partial charge < -0.3 is 4.74 Å². The standard InChI is InChI=1S/C19H17NO3/c21-18(12-11-15-7-3-1-4-8-15)20-17(14-23-19(20)22)13-16-9-5-2-6-10-16/h1-12,17H,13-14H2/b12-11+/t17-/m0/s1/i1D,3D,4D,7D,8D. The second kappa shape index (κ2) is 6.92. The van der Waals surface area contributed by atoms with E-state index < -0.39 is 48.3 Å². The van der Waals surface area contributed by atoms with Crippen LogP contribution in [0, 0.1) is 0 Å². The van der Waals surface area contributed by atoms with Gasteiger partial charge in [-0.3, -0.25) is 4.79 Å². The summed E-state index contributed by atoms with van der Waals surface area (Å²) >= 11 is 0. The first-order chi connectivity index (χ1) is 13.3. The van der Waals surface area contributed by atoms with Crippen molar-refractivity contribution in [3.63, 3.8) is 0 Å². The van der Waals surface area contributed by atoms with Gasteiger partial charge in [-0.2, -0.15) is 0 Å². The van der Waals surface area contributed by atoms with Gasteiger partial charge in [0.2, 0.25) is 0 Å². The lowest BCUT2D eigenvalue weighted by Gasteiger charge is -2.18. The number of rotatable bonds is 4. The van der Waals surface area contributed by atoms with E-state index in [9.17, 15) is 9.59 Å². The maximum atomic E-state index is 12.6. The Labute approximate surface area is 142 Å². The molecule has 2 aromatic carbocycles. The fourth-order valence-electron chi connectivity index (χ4n) is 2.34. The van der Waals surface area contributed by atoms with Crippen molar-refractivity contribution in [2.24, 2.45) is 0 Å². The van der Waals surface area contributed by atoms with Crippen LogP contribution in [0.4, 0.5) is 4.79 Å². The summed E-state index contributed by atoms with van der Waals surface area (Å²) in [4.78, 5) is 25.6. The molecule has 4 heteroatoms. The number of benzene rings is 2. The molecule has 0 unspecified atom stereocenters. The smallest absolute Gasteiger partial charge is 0.417 e. The normalized spacial score (nSPS) is 20.5. The second-order valence-corrected chi connectivity index (χ2v) is 5.00. The molecule has 0 saturated carbocycles. The van der Waals surface area contributed by atoms with E-state index in [1.165, 1.54) is 0 Å². The fraction of sp³-hybridized carbons (Fsp3) is 0.158. The Morgan fingerprint density at radius 1 is 1.26 bits per heavy atom. The first-order valence-corrected chi connectivity index (χ1v) is 7.10. The molecule has 3 rings (SSSR count). The van der Waals surface area contributed by atoms with Gasteiger partial charge in [0, 0.05) is 6.08 Å². The lowest BCUT2D eigenvalue weighted by atomic mass is 10.1. The van der Waals surface area contributed by atoms with Gasteiger partial charge in [-0.15, -0.1) is 0 Å². The Morgan fingerprint density at radius 2 is 2.00 bits per heavy atom. The molecule has 23 heavy (non-hydrogen) atoms. The van der Waals surface area contributed by atoms with Crippen molar-refractivity contribution < 1.29 is 21.2 Å². The molecule has 1 fully saturated rings. The highest BCUT2D eigenvalue weighted by molar-refractivity contribution is 6.02. The summed E-state index contributed by atoms with van der Waals surface area (Å²) in [5.41, 5.74) is 0.824. The lowest BCUT2D eigenvalue weighted by molar-refractivity contribution is -0.124. The number of carbonyl (C=O) groups excluding carboxylic acids is 2. The Hall–Kier alpha value is -2.88. The quantitative estimate of drug-likeness (QED) is 0.814. The summed E-state index contributed by atoms with van der Waals surface area (Å²) in [7, 11) is 0. The zero-order chi connectivity index (χ0) is 20.4. The van der Waals surface area contributed by atoms with Crippen LogP contribution < -0.4 is 0 Å². The molecule has 1 aliphatic rings. The highest BCUT2D eigenvalue weighted by atomic mass is 16.6. The van der Waals surface area contributed by atoms with Crippen LogP contribution in [0.25, 0.3) is 6.08 Å². The van der Waals surface area contributed by atoms with Crippen molar-refractivity contribution in [2.75, 3.05) is 6.61 Å². The molecule has 1 saturated heterocycles. The summed E-state index contributed by atoms with van der Waals surface area (Å²) in [6.45, 7) is 0.0714.